The predicted octanol–water partition coefficient (Wildman–Crippen LogP) is 4.20. The molecule has 0 bridgehead atoms. The van der Waals surface area contributed by atoms with Crippen LogP contribution in [0.3, 0.4) is 0 Å². The number of aromatic nitrogens is 1. The van der Waals surface area contributed by atoms with Gasteiger partial charge >= 0.3 is 0 Å². The summed E-state index contributed by atoms with van der Waals surface area (Å²) in [6, 6.07) is 11.1. The van der Waals surface area contributed by atoms with E-state index in [9.17, 15) is 9.11 Å². The van der Waals surface area contributed by atoms with Crippen LogP contribution in [0, 0.1) is 13.8 Å². The highest BCUT2D eigenvalue weighted by Gasteiger charge is 2.31. The first kappa shape index (κ1) is 16.0. The molecule has 4 nitrogen and oxygen atoms in total. The van der Waals surface area contributed by atoms with E-state index < -0.39 is 15.8 Å². The number of ether oxygens (including phenoxy) is 1. The standard InChI is InChI=1S/C16H21NO3S/c1-12-7-8-13(2)14(10-12)15(11-20-3)21(18,19)16-6-4-5-9-17-16/h4-10,15,18-19H,11H2,1-3H3. The third kappa shape index (κ3) is 3.44. The van der Waals surface area contributed by atoms with Gasteiger partial charge in [0.05, 0.1) is 6.61 Å². The van der Waals surface area contributed by atoms with Gasteiger partial charge in [0, 0.05) is 13.3 Å². The predicted molar refractivity (Wildman–Crippen MR) is 85.9 cm³/mol. The molecule has 0 saturated heterocycles. The van der Waals surface area contributed by atoms with Crippen molar-refractivity contribution in [3.8, 4) is 0 Å². The van der Waals surface area contributed by atoms with Gasteiger partial charge in [0.25, 0.3) is 0 Å². The van der Waals surface area contributed by atoms with Gasteiger partial charge in [0.2, 0.25) is 0 Å². The molecule has 0 fully saturated rings. The zero-order valence-corrected chi connectivity index (χ0v) is 13.3. The first-order chi connectivity index (χ1) is 9.96. The highest BCUT2D eigenvalue weighted by atomic mass is 32.3. The van der Waals surface area contributed by atoms with Crippen molar-refractivity contribution in [3.63, 3.8) is 0 Å². The molecular formula is C16H21NO3S. The van der Waals surface area contributed by atoms with Gasteiger partial charge in [0.15, 0.2) is 0 Å². The highest BCUT2D eigenvalue weighted by Crippen LogP contribution is 2.59. The van der Waals surface area contributed by atoms with Gasteiger partial charge in [-0.25, -0.2) is 4.98 Å². The van der Waals surface area contributed by atoms with Crippen LogP contribution in [-0.4, -0.2) is 27.8 Å². The fourth-order valence-electron chi connectivity index (χ4n) is 2.29. The van der Waals surface area contributed by atoms with Crippen molar-refractivity contribution in [1.29, 1.82) is 0 Å². The van der Waals surface area contributed by atoms with E-state index in [-0.39, 0.29) is 6.61 Å². The summed E-state index contributed by atoms with van der Waals surface area (Å²) in [5.41, 5.74) is 2.98. The summed E-state index contributed by atoms with van der Waals surface area (Å²) in [7, 11) is -1.53. The van der Waals surface area contributed by atoms with Crippen molar-refractivity contribution in [1.82, 2.24) is 4.98 Å². The Bertz CT molecular complexity index is 602. The normalized spacial score (nSPS) is 14.0. The van der Waals surface area contributed by atoms with E-state index in [1.807, 2.05) is 32.0 Å². The lowest BCUT2D eigenvalue weighted by atomic mass is 10.0. The summed E-state index contributed by atoms with van der Waals surface area (Å²) in [5.74, 6) is 0. The maximum Gasteiger partial charge on any atom is 0.147 e. The number of hydrogen-bond acceptors (Lipinski definition) is 4. The van der Waals surface area contributed by atoms with E-state index in [0.717, 1.165) is 16.7 Å². The monoisotopic (exact) mass is 307 g/mol. The van der Waals surface area contributed by atoms with Crippen molar-refractivity contribution in [3.05, 3.63) is 59.3 Å². The minimum atomic E-state index is -3.09. The zero-order valence-electron chi connectivity index (χ0n) is 12.5. The number of benzene rings is 1. The van der Waals surface area contributed by atoms with E-state index >= 15 is 0 Å². The molecule has 2 aromatic rings. The molecule has 1 aromatic heterocycles. The molecule has 114 valence electrons. The Morgan fingerprint density at radius 3 is 2.57 bits per heavy atom. The molecule has 2 N–H and O–H groups in total. The third-order valence-electron chi connectivity index (χ3n) is 3.44. The van der Waals surface area contributed by atoms with Crippen molar-refractivity contribution in [2.75, 3.05) is 13.7 Å². The lowest BCUT2D eigenvalue weighted by molar-refractivity contribution is 0.193. The molecule has 1 atom stereocenters. The van der Waals surface area contributed by atoms with Gasteiger partial charge in [-0.1, -0.05) is 29.8 Å². The highest BCUT2D eigenvalue weighted by molar-refractivity contribution is 8.24. The molecular weight excluding hydrogens is 286 g/mol. The maximum absolute atomic E-state index is 10.7. The fraction of sp³-hybridized carbons (Fsp3) is 0.312. The van der Waals surface area contributed by atoms with Crippen LogP contribution in [0.4, 0.5) is 0 Å². The number of methoxy groups -OCH3 is 1. The van der Waals surface area contributed by atoms with Gasteiger partial charge in [-0.15, -0.1) is 10.6 Å². The number of rotatable bonds is 5. The number of hydrogen-bond donors (Lipinski definition) is 2. The molecule has 0 radical (unpaired) electrons. The number of nitrogens with zero attached hydrogens (tertiary/aromatic N) is 1. The molecule has 0 saturated carbocycles. The first-order valence-electron chi connectivity index (χ1n) is 6.71. The second kappa shape index (κ2) is 6.58. The van der Waals surface area contributed by atoms with Crippen LogP contribution in [0.5, 0.6) is 0 Å². The Balaban J connectivity index is 2.50. The molecule has 1 heterocycles. The lowest BCUT2D eigenvalue weighted by Gasteiger charge is -2.39. The Morgan fingerprint density at radius 1 is 1.19 bits per heavy atom. The lowest BCUT2D eigenvalue weighted by Crippen LogP contribution is -2.17. The second-order valence-corrected chi connectivity index (χ2v) is 7.24. The van der Waals surface area contributed by atoms with E-state index in [4.69, 9.17) is 4.74 Å². The first-order valence-corrected chi connectivity index (χ1v) is 8.32. The Morgan fingerprint density at radius 2 is 1.95 bits per heavy atom. The van der Waals surface area contributed by atoms with Gasteiger partial charge < -0.3 is 4.74 Å². The summed E-state index contributed by atoms with van der Waals surface area (Å²) in [4.78, 5) is 4.11. The Kier molecular flexibility index (Phi) is 5.00. The van der Waals surface area contributed by atoms with Crippen molar-refractivity contribution in [2.24, 2.45) is 0 Å². The van der Waals surface area contributed by atoms with Crippen LogP contribution < -0.4 is 0 Å². The summed E-state index contributed by atoms with van der Waals surface area (Å²) < 4.78 is 26.7. The van der Waals surface area contributed by atoms with E-state index in [0.29, 0.717) is 5.03 Å². The summed E-state index contributed by atoms with van der Waals surface area (Å²) >= 11 is 0. The van der Waals surface area contributed by atoms with Crippen LogP contribution >= 0.6 is 10.6 Å². The number of pyridine rings is 1. The molecule has 0 aliphatic heterocycles. The van der Waals surface area contributed by atoms with Crippen LogP contribution in [0.15, 0.2) is 47.6 Å². The largest absolute Gasteiger partial charge is 0.382 e. The minimum Gasteiger partial charge on any atom is -0.382 e. The summed E-state index contributed by atoms with van der Waals surface area (Å²) in [5, 5.41) is -0.231. The average Bonchev–Trinajstić information content (AvgIpc) is 2.48. The van der Waals surface area contributed by atoms with Crippen molar-refractivity contribution >= 4 is 10.6 Å². The quantitative estimate of drug-likeness (QED) is 0.869. The Labute approximate surface area is 127 Å². The maximum atomic E-state index is 10.7. The van der Waals surface area contributed by atoms with Crippen LogP contribution in [0.2, 0.25) is 0 Å². The molecule has 1 unspecified atom stereocenters. The summed E-state index contributed by atoms with van der Waals surface area (Å²) in [6.07, 6.45) is 1.57. The average molecular weight is 307 g/mol. The van der Waals surface area contributed by atoms with Gasteiger partial charge in [0.1, 0.15) is 10.3 Å². The minimum absolute atomic E-state index is 0.225. The second-order valence-electron chi connectivity index (χ2n) is 5.06. The molecule has 0 spiro atoms. The molecule has 0 aliphatic carbocycles. The smallest absolute Gasteiger partial charge is 0.147 e. The zero-order chi connectivity index (χ0) is 15.5. The SMILES string of the molecule is COCC(c1cc(C)ccc1C)S(O)(O)c1ccccn1. The van der Waals surface area contributed by atoms with E-state index in [1.54, 1.807) is 31.5 Å². The molecule has 2 rings (SSSR count). The van der Waals surface area contributed by atoms with E-state index in [2.05, 4.69) is 4.98 Å². The Hall–Kier alpha value is -1.40. The van der Waals surface area contributed by atoms with Gasteiger partial charge in [-0.3, -0.25) is 9.11 Å². The van der Waals surface area contributed by atoms with Crippen LogP contribution in [0.1, 0.15) is 21.9 Å². The number of aryl methyl sites for hydroxylation is 2. The molecule has 0 aliphatic rings. The third-order valence-corrected chi connectivity index (χ3v) is 5.48. The van der Waals surface area contributed by atoms with Crippen molar-refractivity contribution < 1.29 is 13.8 Å². The van der Waals surface area contributed by atoms with Gasteiger partial charge in [-0.05, 0) is 37.1 Å². The molecule has 5 heteroatoms. The van der Waals surface area contributed by atoms with Crippen molar-refractivity contribution in [2.45, 2.75) is 24.1 Å². The van der Waals surface area contributed by atoms with Crippen LogP contribution in [0.25, 0.3) is 0 Å². The molecule has 21 heavy (non-hydrogen) atoms. The topological polar surface area (TPSA) is 62.6 Å². The van der Waals surface area contributed by atoms with Gasteiger partial charge in [-0.2, -0.15) is 0 Å². The van der Waals surface area contributed by atoms with E-state index in [1.165, 1.54) is 0 Å². The van der Waals surface area contributed by atoms with Crippen LogP contribution in [-0.2, 0) is 4.74 Å². The summed E-state index contributed by atoms with van der Waals surface area (Å²) in [6.45, 7) is 4.17. The molecule has 0 amide bonds. The fourth-order valence-corrected chi connectivity index (χ4v) is 4.01. The molecule has 1 aromatic carbocycles.